The molecule has 1 aromatic carbocycles. The molecule has 1 N–H and O–H groups in total. The van der Waals surface area contributed by atoms with E-state index in [-0.39, 0.29) is 5.41 Å². The molecule has 2 nitrogen and oxygen atoms in total. The summed E-state index contributed by atoms with van der Waals surface area (Å²) in [6.07, 6.45) is 4.24. The molecule has 2 atom stereocenters. The molecule has 1 heterocycles. The maximum Gasteiger partial charge on any atom is 0.109 e. The van der Waals surface area contributed by atoms with Crippen LogP contribution in [0.5, 0.6) is 0 Å². The monoisotopic (exact) mass is 300 g/mol. The molecule has 0 amide bonds. The van der Waals surface area contributed by atoms with E-state index in [1.54, 1.807) is 0 Å². The van der Waals surface area contributed by atoms with Gasteiger partial charge >= 0.3 is 0 Å². The molecule has 1 aliphatic carbocycles. The molecule has 2 unspecified atom stereocenters. The summed E-state index contributed by atoms with van der Waals surface area (Å²) in [6, 6.07) is 9.53. The number of rotatable bonds is 4. The minimum Gasteiger partial charge on any atom is -0.301 e. The normalized spacial score (nSPS) is 21.2. The Balaban J connectivity index is 1.83. The number of benzene rings is 1. The third-order valence-electron chi connectivity index (χ3n) is 4.50. The fraction of sp³-hybridized carbons (Fsp3) is 0.500. The predicted octanol–water partition coefficient (Wildman–Crippen LogP) is 4.68. The topological polar surface area (TPSA) is 24.9 Å². The average molecular weight is 300 g/mol. The Kier molecular flexibility index (Phi) is 3.89. The Morgan fingerprint density at radius 1 is 1.38 bits per heavy atom. The van der Waals surface area contributed by atoms with Gasteiger partial charge in [-0.3, -0.25) is 0 Å². The van der Waals surface area contributed by atoms with E-state index in [1.807, 2.05) is 17.5 Å². The Bertz CT molecular complexity index is 630. The van der Waals surface area contributed by atoms with E-state index in [1.165, 1.54) is 21.0 Å². The Morgan fingerprint density at radius 3 is 2.86 bits per heavy atom. The number of fused-ring (bicyclic) bond motifs is 1. The molecule has 0 saturated heterocycles. The van der Waals surface area contributed by atoms with Crippen LogP contribution in [0.2, 0.25) is 0 Å². The molecule has 1 aromatic heterocycles. The van der Waals surface area contributed by atoms with E-state index in [4.69, 9.17) is 0 Å². The number of nitrogens with one attached hydrogen (secondary N) is 1. The van der Waals surface area contributed by atoms with Crippen molar-refractivity contribution >= 4 is 11.3 Å². The van der Waals surface area contributed by atoms with Crippen molar-refractivity contribution in [2.45, 2.75) is 52.6 Å². The second kappa shape index (κ2) is 5.54. The third-order valence-corrected chi connectivity index (χ3v) is 5.83. The lowest BCUT2D eigenvalue weighted by molar-refractivity contribution is 0.252. The van der Waals surface area contributed by atoms with Crippen LogP contribution < -0.4 is 5.32 Å². The van der Waals surface area contributed by atoms with Crippen molar-refractivity contribution in [1.82, 2.24) is 10.3 Å². The van der Waals surface area contributed by atoms with Crippen molar-refractivity contribution in [2.24, 2.45) is 5.41 Å². The Morgan fingerprint density at radius 2 is 2.14 bits per heavy atom. The van der Waals surface area contributed by atoms with Crippen LogP contribution in [0.4, 0.5) is 0 Å². The van der Waals surface area contributed by atoms with Gasteiger partial charge in [-0.05, 0) is 36.3 Å². The van der Waals surface area contributed by atoms with Crippen molar-refractivity contribution in [3.63, 3.8) is 0 Å². The van der Waals surface area contributed by atoms with Crippen molar-refractivity contribution < 1.29 is 0 Å². The zero-order valence-corrected chi connectivity index (χ0v) is 14.1. The first-order chi connectivity index (χ1) is 10.0. The highest BCUT2D eigenvalue weighted by Gasteiger charge is 2.39. The summed E-state index contributed by atoms with van der Waals surface area (Å²) >= 11 is 1.83. The molecular formula is C18H24N2S. The standard InChI is InChI=1S/C18H24N2S/c1-5-14-11-19-17(21-14)12(2)20-16-15-9-7-6-8-13(15)10-18(16,3)4/h6-9,11-12,16,20H,5,10H2,1-4H3. The first kappa shape index (κ1) is 14.7. The van der Waals surface area contributed by atoms with Gasteiger partial charge in [0.1, 0.15) is 5.01 Å². The minimum atomic E-state index is 0.253. The first-order valence-corrected chi connectivity index (χ1v) is 8.61. The maximum absolute atomic E-state index is 4.59. The fourth-order valence-corrected chi connectivity index (χ4v) is 4.18. The van der Waals surface area contributed by atoms with E-state index < -0.39 is 0 Å². The van der Waals surface area contributed by atoms with Crippen molar-refractivity contribution in [2.75, 3.05) is 0 Å². The van der Waals surface area contributed by atoms with Crippen molar-refractivity contribution in [1.29, 1.82) is 0 Å². The number of nitrogens with zero attached hydrogens (tertiary/aromatic N) is 1. The van der Waals surface area contributed by atoms with Crippen molar-refractivity contribution in [3.8, 4) is 0 Å². The highest BCUT2D eigenvalue weighted by atomic mass is 32.1. The molecule has 3 rings (SSSR count). The lowest BCUT2D eigenvalue weighted by Gasteiger charge is -2.31. The van der Waals surface area contributed by atoms with E-state index in [0.29, 0.717) is 12.1 Å². The summed E-state index contributed by atoms with van der Waals surface area (Å²) in [5.74, 6) is 0. The summed E-state index contributed by atoms with van der Waals surface area (Å²) in [4.78, 5) is 5.95. The van der Waals surface area contributed by atoms with Crippen molar-refractivity contribution in [3.05, 3.63) is 51.5 Å². The molecule has 0 bridgehead atoms. The summed E-state index contributed by atoms with van der Waals surface area (Å²) in [5.41, 5.74) is 3.20. The van der Waals surface area contributed by atoms with Crippen LogP contribution in [-0.2, 0) is 12.8 Å². The van der Waals surface area contributed by atoms with E-state index in [0.717, 1.165) is 12.8 Å². The van der Waals surface area contributed by atoms with Crippen LogP contribution in [0.15, 0.2) is 30.5 Å². The molecule has 0 saturated carbocycles. The summed E-state index contributed by atoms with van der Waals surface area (Å²) < 4.78 is 0. The van der Waals surface area contributed by atoms with Crippen LogP contribution in [0.25, 0.3) is 0 Å². The number of thiazole rings is 1. The van der Waals surface area contributed by atoms with E-state index in [2.05, 4.69) is 62.3 Å². The zero-order valence-electron chi connectivity index (χ0n) is 13.3. The lowest BCUT2D eigenvalue weighted by atomic mass is 9.85. The summed E-state index contributed by atoms with van der Waals surface area (Å²) in [6.45, 7) is 9.13. The van der Waals surface area contributed by atoms with Gasteiger partial charge in [-0.15, -0.1) is 11.3 Å². The predicted molar refractivity (Wildman–Crippen MR) is 89.7 cm³/mol. The number of aryl methyl sites for hydroxylation is 1. The molecule has 0 aliphatic heterocycles. The first-order valence-electron chi connectivity index (χ1n) is 7.79. The van der Waals surface area contributed by atoms with Gasteiger partial charge in [0.05, 0.1) is 6.04 Å². The van der Waals surface area contributed by atoms with Gasteiger partial charge in [-0.25, -0.2) is 4.98 Å². The number of hydrogen-bond acceptors (Lipinski definition) is 3. The smallest absolute Gasteiger partial charge is 0.109 e. The quantitative estimate of drug-likeness (QED) is 0.887. The molecule has 112 valence electrons. The molecule has 21 heavy (non-hydrogen) atoms. The van der Waals surface area contributed by atoms with Crippen LogP contribution in [0, 0.1) is 5.41 Å². The fourth-order valence-electron chi connectivity index (χ4n) is 3.31. The molecule has 0 fully saturated rings. The van der Waals surface area contributed by atoms with Gasteiger partial charge in [0, 0.05) is 17.1 Å². The van der Waals surface area contributed by atoms with Gasteiger partial charge in [0.25, 0.3) is 0 Å². The second-order valence-corrected chi connectivity index (χ2v) is 7.85. The lowest BCUT2D eigenvalue weighted by Crippen LogP contribution is -2.33. The summed E-state index contributed by atoms with van der Waals surface area (Å²) in [7, 11) is 0. The third kappa shape index (κ3) is 2.77. The van der Waals surface area contributed by atoms with Crippen LogP contribution >= 0.6 is 11.3 Å². The van der Waals surface area contributed by atoms with Crippen LogP contribution in [0.3, 0.4) is 0 Å². The molecule has 2 aromatic rings. The largest absolute Gasteiger partial charge is 0.301 e. The average Bonchev–Trinajstić information content (AvgIpc) is 3.02. The molecule has 0 spiro atoms. The van der Waals surface area contributed by atoms with Gasteiger partial charge in [-0.1, -0.05) is 45.0 Å². The molecule has 1 aliphatic rings. The Hall–Kier alpha value is -1.19. The highest BCUT2D eigenvalue weighted by Crippen LogP contribution is 2.46. The van der Waals surface area contributed by atoms with Gasteiger partial charge in [0.2, 0.25) is 0 Å². The van der Waals surface area contributed by atoms with Crippen LogP contribution in [-0.4, -0.2) is 4.98 Å². The highest BCUT2D eigenvalue weighted by molar-refractivity contribution is 7.11. The maximum atomic E-state index is 4.59. The van der Waals surface area contributed by atoms with Crippen LogP contribution in [0.1, 0.15) is 60.8 Å². The number of aromatic nitrogens is 1. The second-order valence-electron chi connectivity index (χ2n) is 6.70. The van der Waals surface area contributed by atoms with Gasteiger partial charge in [-0.2, -0.15) is 0 Å². The molecule has 0 radical (unpaired) electrons. The Labute approximate surface area is 131 Å². The SMILES string of the molecule is CCc1cnc(C(C)NC2c3ccccc3CC2(C)C)s1. The van der Waals surface area contributed by atoms with Gasteiger partial charge in [0.15, 0.2) is 0 Å². The van der Waals surface area contributed by atoms with E-state index >= 15 is 0 Å². The van der Waals surface area contributed by atoms with Gasteiger partial charge < -0.3 is 5.32 Å². The molecular weight excluding hydrogens is 276 g/mol. The molecule has 3 heteroatoms. The summed E-state index contributed by atoms with van der Waals surface area (Å²) in [5, 5.41) is 5.03. The number of hydrogen-bond donors (Lipinski definition) is 1. The van der Waals surface area contributed by atoms with E-state index in [9.17, 15) is 0 Å². The minimum absolute atomic E-state index is 0.253. The zero-order chi connectivity index (χ0) is 15.0.